The van der Waals surface area contributed by atoms with E-state index in [2.05, 4.69) is 51.0 Å². The summed E-state index contributed by atoms with van der Waals surface area (Å²) < 4.78 is 2.17. The van der Waals surface area contributed by atoms with Gasteiger partial charge in [-0.3, -0.25) is 4.79 Å². The van der Waals surface area contributed by atoms with Gasteiger partial charge in [-0.25, -0.2) is 9.98 Å². The van der Waals surface area contributed by atoms with Crippen molar-refractivity contribution in [1.29, 1.82) is 0 Å². The van der Waals surface area contributed by atoms with Crippen molar-refractivity contribution in [3.63, 3.8) is 0 Å². The van der Waals surface area contributed by atoms with E-state index in [-0.39, 0.29) is 29.9 Å². The zero-order chi connectivity index (χ0) is 20.5. The summed E-state index contributed by atoms with van der Waals surface area (Å²) in [6.07, 6.45) is 7.36. The zero-order valence-corrected chi connectivity index (χ0v) is 20.0. The van der Waals surface area contributed by atoms with Crippen LogP contribution in [-0.2, 0) is 24.3 Å². The van der Waals surface area contributed by atoms with Crippen molar-refractivity contribution in [3.8, 4) is 0 Å². The third kappa shape index (κ3) is 7.30. The standard InChI is InChI=1S/C22H32N6O.HI/c1-2-24-22(28-12-6-9-19(17-28)15-20(23)29)26-16-21-25-11-14-27(21)13-10-18-7-4-3-5-8-18;/h3-5,7-8,11,14,19H,2,6,9-10,12-13,15-17H2,1H3,(H2,23,29)(H,24,26);1H. The largest absolute Gasteiger partial charge is 0.370 e. The van der Waals surface area contributed by atoms with E-state index in [0.717, 1.165) is 57.2 Å². The van der Waals surface area contributed by atoms with Crippen molar-refractivity contribution < 1.29 is 4.79 Å². The Morgan fingerprint density at radius 2 is 2.13 bits per heavy atom. The molecule has 1 unspecified atom stereocenters. The number of aliphatic imine (C=N–C) groups is 1. The molecule has 1 aromatic heterocycles. The maximum absolute atomic E-state index is 11.3. The molecule has 0 spiro atoms. The van der Waals surface area contributed by atoms with E-state index in [4.69, 9.17) is 10.7 Å². The molecule has 0 radical (unpaired) electrons. The summed E-state index contributed by atoms with van der Waals surface area (Å²) in [7, 11) is 0. The van der Waals surface area contributed by atoms with Crippen LogP contribution in [0.1, 0.15) is 37.6 Å². The lowest BCUT2D eigenvalue weighted by molar-refractivity contribution is -0.119. The van der Waals surface area contributed by atoms with Crippen LogP contribution in [0.2, 0.25) is 0 Å². The summed E-state index contributed by atoms with van der Waals surface area (Å²) in [6.45, 7) is 6.05. The first-order chi connectivity index (χ1) is 14.2. The fourth-order valence-electron chi connectivity index (χ4n) is 3.87. The molecule has 7 nitrogen and oxygen atoms in total. The smallest absolute Gasteiger partial charge is 0.217 e. The molecular weight excluding hydrogens is 491 g/mol. The number of aromatic nitrogens is 2. The van der Waals surface area contributed by atoms with Gasteiger partial charge in [0.2, 0.25) is 5.91 Å². The van der Waals surface area contributed by atoms with E-state index in [9.17, 15) is 4.79 Å². The molecule has 2 heterocycles. The van der Waals surface area contributed by atoms with Gasteiger partial charge < -0.3 is 20.5 Å². The number of nitrogens with two attached hydrogens (primary N) is 1. The SMILES string of the molecule is CCNC(=NCc1nccn1CCc1ccccc1)N1CCCC(CC(N)=O)C1.I. The molecule has 3 rings (SSSR count). The number of nitrogens with zero attached hydrogens (tertiary/aromatic N) is 4. The molecule has 8 heteroatoms. The van der Waals surface area contributed by atoms with Crippen LogP contribution < -0.4 is 11.1 Å². The second kappa shape index (κ2) is 12.6. The average Bonchev–Trinajstić information content (AvgIpc) is 3.17. The Bertz CT molecular complexity index is 807. The van der Waals surface area contributed by atoms with Gasteiger partial charge in [0.25, 0.3) is 0 Å². The van der Waals surface area contributed by atoms with Gasteiger partial charge >= 0.3 is 0 Å². The number of benzene rings is 1. The summed E-state index contributed by atoms with van der Waals surface area (Å²) in [4.78, 5) is 22.9. The Morgan fingerprint density at radius 3 is 2.87 bits per heavy atom. The van der Waals surface area contributed by atoms with Crippen molar-refractivity contribution in [2.75, 3.05) is 19.6 Å². The lowest BCUT2D eigenvalue weighted by atomic mass is 9.95. The van der Waals surface area contributed by atoms with Crippen molar-refractivity contribution in [1.82, 2.24) is 19.8 Å². The molecule has 1 fully saturated rings. The second-order valence-electron chi connectivity index (χ2n) is 7.57. The van der Waals surface area contributed by atoms with Crippen LogP contribution in [0, 0.1) is 5.92 Å². The Labute approximate surface area is 196 Å². The Kier molecular flexibility index (Phi) is 10.1. The maximum atomic E-state index is 11.3. The van der Waals surface area contributed by atoms with Gasteiger partial charge in [-0.15, -0.1) is 24.0 Å². The van der Waals surface area contributed by atoms with Gasteiger partial charge in [0.1, 0.15) is 12.4 Å². The van der Waals surface area contributed by atoms with E-state index in [0.29, 0.717) is 18.9 Å². The molecule has 1 aliphatic heterocycles. The number of hydrogen-bond acceptors (Lipinski definition) is 3. The monoisotopic (exact) mass is 524 g/mol. The van der Waals surface area contributed by atoms with Crippen LogP contribution in [0.15, 0.2) is 47.7 Å². The molecule has 1 aliphatic rings. The average molecular weight is 524 g/mol. The zero-order valence-electron chi connectivity index (χ0n) is 17.7. The molecule has 0 aliphatic carbocycles. The van der Waals surface area contributed by atoms with Gasteiger partial charge in [-0.1, -0.05) is 30.3 Å². The lowest BCUT2D eigenvalue weighted by Gasteiger charge is -2.34. The number of nitrogens with one attached hydrogen (secondary N) is 1. The van der Waals surface area contributed by atoms with Gasteiger partial charge in [0.05, 0.1) is 0 Å². The van der Waals surface area contributed by atoms with E-state index in [1.165, 1.54) is 5.56 Å². The molecule has 30 heavy (non-hydrogen) atoms. The number of piperidine rings is 1. The highest BCUT2D eigenvalue weighted by Crippen LogP contribution is 2.19. The first-order valence-electron chi connectivity index (χ1n) is 10.5. The molecule has 1 amide bonds. The van der Waals surface area contributed by atoms with Crippen LogP contribution in [0.5, 0.6) is 0 Å². The summed E-state index contributed by atoms with van der Waals surface area (Å²) in [5.41, 5.74) is 6.72. The second-order valence-corrected chi connectivity index (χ2v) is 7.57. The first-order valence-corrected chi connectivity index (χ1v) is 10.5. The predicted molar refractivity (Wildman–Crippen MR) is 131 cm³/mol. The number of likely N-dealkylation sites (tertiary alicyclic amines) is 1. The van der Waals surface area contributed by atoms with Crippen LogP contribution in [-0.4, -0.2) is 46.0 Å². The lowest BCUT2D eigenvalue weighted by Crippen LogP contribution is -2.47. The van der Waals surface area contributed by atoms with Crippen LogP contribution in [0.25, 0.3) is 0 Å². The molecule has 164 valence electrons. The number of primary amides is 1. The molecule has 1 saturated heterocycles. The first kappa shape index (κ1) is 24.2. The highest BCUT2D eigenvalue weighted by atomic mass is 127. The van der Waals surface area contributed by atoms with E-state index in [1.54, 1.807) is 0 Å². The van der Waals surface area contributed by atoms with Gasteiger partial charge in [0, 0.05) is 45.0 Å². The normalized spacial score (nSPS) is 16.8. The predicted octanol–water partition coefficient (Wildman–Crippen LogP) is 2.80. The number of halogens is 1. The molecule has 0 bridgehead atoms. The quantitative estimate of drug-likeness (QED) is 0.316. The number of hydrogen-bond donors (Lipinski definition) is 2. The topological polar surface area (TPSA) is 88.5 Å². The van der Waals surface area contributed by atoms with E-state index < -0.39 is 0 Å². The van der Waals surface area contributed by atoms with E-state index >= 15 is 0 Å². The molecule has 1 aromatic carbocycles. The number of rotatable bonds is 8. The van der Waals surface area contributed by atoms with Crippen LogP contribution in [0.4, 0.5) is 0 Å². The minimum atomic E-state index is -0.223. The Balaban J connectivity index is 0.00000320. The molecule has 0 saturated carbocycles. The number of imidazole rings is 1. The molecule has 1 atom stereocenters. The molecule has 3 N–H and O–H groups in total. The van der Waals surface area contributed by atoms with Crippen molar-refractivity contribution >= 4 is 35.8 Å². The molecular formula is C22H33IN6O. The Morgan fingerprint density at radius 1 is 1.33 bits per heavy atom. The van der Waals surface area contributed by atoms with Gasteiger partial charge in [-0.05, 0) is 37.7 Å². The summed E-state index contributed by atoms with van der Waals surface area (Å²) >= 11 is 0. The highest BCUT2D eigenvalue weighted by molar-refractivity contribution is 14.0. The van der Waals surface area contributed by atoms with Crippen LogP contribution in [0.3, 0.4) is 0 Å². The van der Waals surface area contributed by atoms with Crippen LogP contribution >= 0.6 is 24.0 Å². The summed E-state index contributed by atoms with van der Waals surface area (Å²) in [5.74, 6) is 1.93. The summed E-state index contributed by atoms with van der Waals surface area (Å²) in [5, 5.41) is 3.39. The van der Waals surface area contributed by atoms with Crippen molar-refractivity contribution in [3.05, 3.63) is 54.1 Å². The minimum absolute atomic E-state index is 0. The fraction of sp³-hybridized carbons (Fsp3) is 0.500. The van der Waals surface area contributed by atoms with Gasteiger partial charge in [-0.2, -0.15) is 0 Å². The minimum Gasteiger partial charge on any atom is -0.370 e. The number of aryl methyl sites for hydroxylation is 2. The van der Waals surface area contributed by atoms with Crippen molar-refractivity contribution in [2.45, 2.75) is 45.7 Å². The number of carbonyl (C=O) groups excluding carboxylic acids is 1. The third-order valence-electron chi connectivity index (χ3n) is 5.30. The highest BCUT2D eigenvalue weighted by Gasteiger charge is 2.23. The number of carbonyl (C=O) groups is 1. The Hall–Kier alpha value is -2.10. The number of amides is 1. The van der Waals surface area contributed by atoms with Crippen molar-refractivity contribution in [2.24, 2.45) is 16.6 Å². The van der Waals surface area contributed by atoms with Gasteiger partial charge in [0.15, 0.2) is 5.96 Å². The fourth-order valence-corrected chi connectivity index (χ4v) is 3.87. The number of guanidine groups is 1. The third-order valence-corrected chi connectivity index (χ3v) is 5.30. The maximum Gasteiger partial charge on any atom is 0.217 e. The molecule has 2 aromatic rings. The van der Waals surface area contributed by atoms with E-state index in [1.807, 2.05) is 18.5 Å². The summed E-state index contributed by atoms with van der Waals surface area (Å²) in [6, 6.07) is 10.5.